The number of nitrogens with one attached hydrogen (secondary N) is 1. The molecule has 0 spiro atoms. The first kappa shape index (κ1) is 19.6. The molecule has 1 unspecified atom stereocenters. The van der Waals surface area contributed by atoms with Gasteiger partial charge in [-0.2, -0.15) is 14.7 Å². The summed E-state index contributed by atoms with van der Waals surface area (Å²) in [5, 5.41) is 2.53. The fourth-order valence-electron chi connectivity index (χ4n) is 2.35. The van der Waals surface area contributed by atoms with E-state index in [1.807, 2.05) is 0 Å². The van der Waals surface area contributed by atoms with Crippen molar-refractivity contribution in [2.75, 3.05) is 11.9 Å². The van der Waals surface area contributed by atoms with Crippen LogP contribution in [0.4, 0.5) is 5.95 Å². The average Bonchev–Trinajstić information content (AvgIpc) is 2.89. The highest BCUT2D eigenvalue weighted by atomic mass is 35.5. The number of rotatable bonds is 8. The van der Waals surface area contributed by atoms with E-state index in [1.54, 1.807) is 0 Å². The zero-order valence-electron chi connectivity index (χ0n) is 15.1. The Labute approximate surface area is 153 Å². The van der Waals surface area contributed by atoms with Crippen LogP contribution in [-0.2, 0) is 9.22 Å². The molecule has 1 amide bonds. The van der Waals surface area contributed by atoms with Crippen molar-refractivity contribution >= 4 is 44.2 Å². The number of hydrogen-bond acceptors (Lipinski definition) is 6. The lowest BCUT2D eigenvalue weighted by Crippen LogP contribution is -2.35. The second kappa shape index (κ2) is 8.11. The van der Waals surface area contributed by atoms with Crippen molar-refractivity contribution in [3.05, 3.63) is 11.5 Å². The van der Waals surface area contributed by atoms with Crippen molar-refractivity contribution in [3.8, 4) is 0 Å². The molecule has 138 valence electrons. The number of nitrogens with zero attached hydrogens (tertiary/aromatic N) is 4. The minimum atomic E-state index is -1.15. The number of anilines is 1. The summed E-state index contributed by atoms with van der Waals surface area (Å²) in [6, 6.07) is 0. The molecule has 0 aliphatic carbocycles. The molecule has 1 atom stereocenters. The summed E-state index contributed by atoms with van der Waals surface area (Å²) in [6.07, 6.45) is 2.83. The summed E-state index contributed by atoms with van der Waals surface area (Å²) < 4.78 is 7.57. The Morgan fingerprint density at radius 3 is 2.72 bits per heavy atom. The van der Waals surface area contributed by atoms with Gasteiger partial charge in [0.15, 0.2) is 14.2 Å². The van der Waals surface area contributed by atoms with Crippen molar-refractivity contribution in [1.82, 2.24) is 19.7 Å². The van der Waals surface area contributed by atoms with Crippen LogP contribution in [0.25, 0.3) is 11.2 Å². The van der Waals surface area contributed by atoms with Crippen LogP contribution in [0, 0.1) is 5.41 Å². The molecule has 0 saturated carbocycles. The Morgan fingerprint density at radius 2 is 2.12 bits per heavy atom. The van der Waals surface area contributed by atoms with E-state index >= 15 is 0 Å². The highest BCUT2D eigenvalue weighted by Crippen LogP contribution is 2.25. The van der Waals surface area contributed by atoms with Gasteiger partial charge in [0.05, 0.1) is 6.10 Å². The predicted octanol–water partition coefficient (Wildman–Crippen LogP) is 2.28. The summed E-state index contributed by atoms with van der Waals surface area (Å²) >= 11 is 6.06. The van der Waals surface area contributed by atoms with E-state index in [1.165, 1.54) is 11.1 Å². The zero-order chi connectivity index (χ0) is 18.6. The second-order valence-corrected chi connectivity index (χ2v) is 9.73. The summed E-state index contributed by atoms with van der Waals surface area (Å²) in [7, 11) is -1.15. The van der Waals surface area contributed by atoms with E-state index in [-0.39, 0.29) is 22.6 Å². The van der Waals surface area contributed by atoms with Crippen molar-refractivity contribution < 1.29 is 14.1 Å². The highest BCUT2D eigenvalue weighted by molar-refractivity contribution is 6.48. The quantitative estimate of drug-likeness (QED) is 0.426. The van der Waals surface area contributed by atoms with Crippen LogP contribution < -0.4 is 10.2 Å². The van der Waals surface area contributed by atoms with Gasteiger partial charge in [-0.3, -0.25) is 10.1 Å². The lowest BCUT2D eigenvalue weighted by atomic mass is 9.87. The summed E-state index contributed by atoms with van der Waals surface area (Å²) in [5.41, 5.74) is 0.844. The van der Waals surface area contributed by atoms with E-state index in [0.717, 1.165) is 6.42 Å². The smallest absolute Gasteiger partial charge is 0.232 e. The van der Waals surface area contributed by atoms with Crippen LogP contribution in [0.3, 0.4) is 0 Å². The maximum atomic E-state index is 10.6. The van der Waals surface area contributed by atoms with Crippen LogP contribution in [-0.4, -0.2) is 47.8 Å². The third kappa shape index (κ3) is 5.13. The average molecular weight is 386 g/mol. The monoisotopic (exact) mass is 385 g/mol. The molecule has 2 heterocycles. The van der Waals surface area contributed by atoms with Gasteiger partial charge in [0.1, 0.15) is 18.5 Å². The van der Waals surface area contributed by atoms with Gasteiger partial charge in [-0.05, 0) is 18.5 Å². The molecule has 2 rings (SSSR count). The summed E-state index contributed by atoms with van der Waals surface area (Å²) in [4.78, 5) is 28.6. The van der Waals surface area contributed by atoms with Gasteiger partial charge in [-0.25, -0.2) is 4.98 Å². The molecule has 1 N–H and O–H groups in total. The molecule has 0 radical (unpaired) electrons. The molecular weight excluding hydrogens is 362 g/mol. The van der Waals surface area contributed by atoms with Crippen molar-refractivity contribution in [1.29, 1.82) is 0 Å². The first-order chi connectivity index (χ1) is 11.7. The van der Waals surface area contributed by atoms with Gasteiger partial charge in [-0.15, -0.1) is 0 Å². The molecule has 0 bridgehead atoms. The number of fused-ring (bicyclic) bond motifs is 1. The maximum Gasteiger partial charge on any atom is 0.232 e. The molecule has 0 aliphatic heterocycles. The second-order valence-electron chi connectivity index (χ2n) is 7.00. The lowest BCUT2D eigenvalue weighted by molar-refractivity contribution is -0.105. The van der Waals surface area contributed by atoms with E-state index in [9.17, 15) is 4.79 Å². The number of aromatic nitrogens is 4. The largest absolute Gasteiger partial charge is 0.417 e. The van der Waals surface area contributed by atoms with Crippen molar-refractivity contribution in [2.24, 2.45) is 5.41 Å². The van der Waals surface area contributed by atoms with Crippen LogP contribution in [0.1, 0.15) is 27.2 Å². The minimum absolute atomic E-state index is 0.0319. The van der Waals surface area contributed by atoms with Crippen LogP contribution in [0.2, 0.25) is 18.2 Å². The fraction of sp³-hybridized carbons (Fsp3) is 0.600. The SMILES string of the molecule is C[SiH](C)OC(CCOn1cnc2c(Cl)nc(NC=O)nc21)C(C)(C)C. The predicted molar refractivity (Wildman–Crippen MR) is 99.3 cm³/mol. The molecule has 25 heavy (non-hydrogen) atoms. The number of hydrogen-bond donors (Lipinski definition) is 1. The fourth-order valence-corrected chi connectivity index (χ4v) is 3.76. The first-order valence-electron chi connectivity index (χ1n) is 8.12. The van der Waals surface area contributed by atoms with Gasteiger partial charge in [0, 0.05) is 6.42 Å². The zero-order valence-corrected chi connectivity index (χ0v) is 17.0. The van der Waals surface area contributed by atoms with Crippen LogP contribution in [0.15, 0.2) is 6.33 Å². The normalized spacial score (nSPS) is 13.2. The van der Waals surface area contributed by atoms with Crippen LogP contribution in [0.5, 0.6) is 0 Å². The van der Waals surface area contributed by atoms with Gasteiger partial charge in [0.25, 0.3) is 0 Å². The molecule has 0 saturated heterocycles. The Balaban J connectivity index is 2.11. The summed E-state index contributed by atoms with van der Waals surface area (Å²) in [6.45, 7) is 11.2. The standard InChI is InChI=1S/C15H24ClN5O3Si/c1-15(2,3)10(24-25(4)5)6-7-23-21-8-17-11-12(16)19-14(18-9-22)20-13(11)21/h8-10,25H,6-7H2,1-5H3,(H,18,19,20,22). The molecule has 2 aromatic rings. The number of imidazole rings is 1. The summed E-state index contributed by atoms with van der Waals surface area (Å²) in [5.74, 6) is 0.0968. The molecule has 0 aromatic carbocycles. The van der Waals surface area contributed by atoms with Crippen LogP contribution >= 0.6 is 11.6 Å². The minimum Gasteiger partial charge on any atom is -0.417 e. The number of carbonyl (C=O) groups excluding carboxylic acids is 1. The Kier molecular flexibility index (Phi) is 6.36. The molecule has 10 heteroatoms. The van der Waals surface area contributed by atoms with Gasteiger partial charge in [0.2, 0.25) is 18.0 Å². The molecular formula is C15H24ClN5O3Si. The molecule has 0 fully saturated rings. The third-order valence-electron chi connectivity index (χ3n) is 3.52. The van der Waals surface area contributed by atoms with Crippen molar-refractivity contribution in [3.63, 3.8) is 0 Å². The van der Waals surface area contributed by atoms with E-state index in [0.29, 0.717) is 24.2 Å². The first-order valence-corrected chi connectivity index (χ1v) is 11.3. The lowest BCUT2D eigenvalue weighted by Gasteiger charge is -2.32. The van der Waals surface area contributed by atoms with Gasteiger partial charge >= 0.3 is 0 Å². The topological polar surface area (TPSA) is 91.2 Å². The van der Waals surface area contributed by atoms with E-state index < -0.39 is 9.04 Å². The van der Waals surface area contributed by atoms with E-state index in [2.05, 4.69) is 54.1 Å². The molecule has 8 nitrogen and oxygen atoms in total. The number of halogens is 1. The molecule has 0 aliphatic rings. The van der Waals surface area contributed by atoms with Crippen molar-refractivity contribution in [2.45, 2.75) is 46.4 Å². The maximum absolute atomic E-state index is 10.6. The third-order valence-corrected chi connectivity index (χ3v) is 4.66. The number of carbonyl (C=O) groups is 1. The highest BCUT2D eigenvalue weighted by Gasteiger charge is 2.26. The molecule has 2 aromatic heterocycles. The van der Waals surface area contributed by atoms with E-state index in [4.69, 9.17) is 20.9 Å². The van der Waals surface area contributed by atoms with Gasteiger partial charge < -0.3 is 9.26 Å². The Bertz CT molecular complexity index is 732. The Morgan fingerprint density at radius 1 is 1.40 bits per heavy atom. The van der Waals surface area contributed by atoms with Gasteiger partial charge in [-0.1, -0.05) is 32.4 Å². The Hall–Kier alpha value is -1.71. The number of amides is 1.